The van der Waals surface area contributed by atoms with Crippen LogP contribution in [0.5, 0.6) is 0 Å². The van der Waals surface area contributed by atoms with Gasteiger partial charge in [0.15, 0.2) is 5.96 Å². The summed E-state index contributed by atoms with van der Waals surface area (Å²) in [5.74, 6) is 0.706. The highest BCUT2D eigenvalue weighted by Gasteiger charge is 2.20. The monoisotopic (exact) mass is 412 g/mol. The normalized spacial score (nSPS) is 17.6. The van der Waals surface area contributed by atoms with E-state index < -0.39 is 10.0 Å². The van der Waals surface area contributed by atoms with Crippen LogP contribution in [-0.2, 0) is 26.0 Å². The molecule has 1 atom stereocenters. The Morgan fingerprint density at radius 2 is 2.04 bits per heavy atom. The average Bonchev–Trinajstić information content (AvgIpc) is 3.22. The molecule has 1 fully saturated rings. The van der Waals surface area contributed by atoms with Crippen molar-refractivity contribution in [2.75, 3.05) is 39.5 Å². The summed E-state index contributed by atoms with van der Waals surface area (Å²) in [5, 5.41) is 6.38. The van der Waals surface area contributed by atoms with Crippen molar-refractivity contribution in [1.82, 2.24) is 15.4 Å². The molecule has 0 bridgehead atoms. The molecule has 28 heavy (non-hydrogen) atoms. The van der Waals surface area contributed by atoms with Gasteiger partial charge in [-0.15, -0.1) is 0 Å². The predicted molar refractivity (Wildman–Crippen MR) is 110 cm³/mol. The van der Waals surface area contributed by atoms with E-state index in [1.807, 2.05) is 13.8 Å². The molecule has 2 rings (SSSR count). The summed E-state index contributed by atoms with van der Waals surface area (Å²) in [6.07, 6.45) is 1.85. The zero-order valence-corrected chi connectivity index (χ0v) is 17.6. The van der Waals surface area contributed by atoms with Crippen LogP contribution in [0.3, 0.4) is 0 Å². The first-order valence-electron chi connectivity index (χ1n) is 9.85. The van der Waals surface area contributed by atoms with Crippen molar-refractivity contribution >= 4 is 16.0 Å². The van der Waals surface area contributed by atoms with Crippen molar-refractivity contribution in [3.63, 3.8) is 0 Å². The number of benzene rings is 1. The van der Waals surface area contributed by atoms with Gasteiger partial charge in [0, 0.05) is 32.8 Å². The first-order valence-corrected chi connectivity index (χ1v) is 11.3. The van der Waals surface area contributed by atoms with E-state index in [-0.39, 0.29) is 11.0 Å². The molecule has 9 heteroatoms. The van der Waals surface area contributed by atoms with Crippen molar-refractivity contribution in [2.45, 2.75) is 44.2 Å². The second-order valence-corrected chi connectivity index (χ2v) is 8.22. The summed E-state index contributed by atoms with van der Waals surface area (Å²) in [4.78, 5) is 4.77. The first-order chi connectivity index (χ1) is 13.5. The number of ether oxygens (including phenoxy) is 2. The minimum absolute atomic E-state index is 0.0249. The molecule has 1 aliphatic rings. The van der Waals surface area contributed by atoms with Gasteiger partial charge in [-0.1, -0.05) is 12.1 Å². The maximum atomic E-state index is 12.4. The van der Waals surface area contributed by atoms with Gasteiger partial charge in [0.25, 0.3) is 0 Å². The second-order valence-electron chi connectivity index (χ2n) is 6.45. The van der Waals surface area contributed by atoms with Crippen LogP contribution in [0.4, 0.5) is 0 Å². The molecular formula is C19H32N4O4S. The van der Waals surface area contributed by atoms with Crippen LogP contribution in [0.2, 0.25) is 0 Å². The van der Waals surface area contributed by atoms with Crippen molar-refractivity contribution in [2.24, 2.45) is 4.99 Å². The minimum Gasteiger partial charge on any atom is -0.380 e. The molecule has 0 spiro atoms. The van der Waals surface area contributed by atoms with Crippen LogP contribution >= 0.6 is 0 Å². The molecule has 3 N–H and O–H groups in total. The molecule has 0 saturated carbocycles. The smallest absolute Gasteiger partial charge is 0.240 e. The largest absolute Gasteiger partial charge is 0.380 e. The van der Waals surface area contributed by atoms with E-state index in [4.69, 9.17) is 9.47 Å². The average molecular weight is 413 g/mol. The molecule has 0 aliphatic carbocycles. The lowest BCUT2D eigenvalue weighted by atomic mass is 10.2. The molecule has 1 aromatic rings. The highest BCUT2D eigenvalue weighted by molar-refractivity contribution is 7.89. The quantitative estimate of drug-likeness (QED) is 0.287. The number of nitrogens with zero attached hydrogens (tertiary/aromatic N) is 1. The summed E-state index contributed by atoms with van der Waals surface area (Å²) in [6, 6.07) is 6.79. The molecule has 1 aliphatic heterocycles. The summed E-state index contributed by atoms with van der Waals surface area (Å²) in [6.45, 7) is 8.17. The molecule has 1 unspecified atom stereocenters. The molecule has 1 saturated heterocycles. The van der Waals surface area contributed by atoms with Gasteiger partial charge in [-0.2, -0.15) is 0 Å². The Hall–Kier alpha value is -1.68. The van der Waals surface area contributed by atoms with Crippen LogP contribution in [0.15, 0.2) is 34.2 Å². The molecule has 1 heterocycles. The van der Waals surface area contributed by atoms with Gasteiger partial charge >= 0.3 is 0 Å². The lowest BCUT2D eigenvalue weighted by molar-refractivity contribution is 0.114. The third kappa shape index (κ3) is 7.75. The summed E-state index contributed by atoms with van der Waals surface area (Å²) >= 11 is 0. The third-order valence-corrected chi connectivity index (χ3v) is 5.71. The minimum atomic E-state index is -3.53. The van der Waals surface area contributed by atoms with E-state index in [0.29, 0.717) is 45.4 Å². The highest BCUT2D eigenvalue weighted by atomic mass is 32.2. The van der Waals surface area contributed by atoms with E-state index in [2.05, 4.69) is 20.3 Å². The van der Waals surface area contributed by atoms with Crippen LogP contribution in [0.25, 0.3) is 0 Å². The fourth-order valence-corrected chi connectivity index (χ4v) is 3.83. The SMILES string of the molecule is CCNC(=NCc1ccc(S(=O)(=O)NCC2CCCO2)cc1)NCCOCC. The van der Waals surface area contributed by atoms with Crippen molar-refractivity contribution in [1.29, 1.82) is 0 Å². The first kappa shape index (κ1) is 22.6. The molecular weight excluding hydrogens is 380 g/mol. The zero-order valence-electron chi connectivity index (χ0n) is 16.7. The summed E-state index contributed by atoms with van der Waals surface area (Å²) in [7, 11) is -3.53. The fraction of sp³-hybridized carbons (Fsp3) is 0.632. The molecule has 8 nitrogen and oxygen atoms in total. The van der Waals surface area contributed by atoms with E-state index in [1.165, 1.54) is 0 Å². The Bertz CT molecular complexity index is 701. The van der Waals surface area contributed by atoms with Gasteiger partial charge in [0.05, 0.1) is 24.2 Å². The van der Waals surface area contributed by atoms with Gasteiger partial charge in [-0.25, -0.2) is 18.1 Å². The zero-order chi connectivity index (χ0) is 20.2. The van der Waals surface area contributed by atoms with Gasteiger partial charge in [0.2, 0.25) is 10.0 Å². The number of aliphatic imine (C=N–C) groups is 1. The van der Waals surface area contributed by atoms with Gasteiger partial charge in [-0.3, -0.25) is 0 Å². The summed E-state index contributed by atoms with van der Waals surface area (Å²) in [5.41, 5.74) is 0.931. The number of nitrogens with one attached hydrogen (secondary N) is 3. The Balaban J connectivity index is 1.88. The Kier molecular flexibility index (Phi) is 9.69. The van der Waals surface area contributed by atoms with Crippen molar-refractivity contribution < 1.29 is 17.9 Å². The number of guanidine groups is 1. The van der Waals surface area contributed by atoms with Gasteiger partial charge < -0.3 is 20.1 Å². The lowest BCUT2D eigenvalue weighted by Gasteiger charge is -2.12. The van der Waals surface area contributed by atoms with Crippen molar-refractivity contribution in [3.8, 4) is 0 Å². The van der Waals surface area contributed by atoms with Crippen LogP contribution < -0.4 is 15.4 Å². The number of hydrogen-bond donors (Lipinski definition) is 3. The van der Waals surface area contributed by atoms with Gasteiger partial charge in [0.1, 0.15) is 0 Å². The predicted octanol–water partition coefficient (Wildman–Crippen LogP) is 1.24. The third-order valence-electron chi connectivity index (χ3n) is 4.27. The molecule has 158 valence electrons. The Labute approximate surface area is 168 Å². The van der Waals surface area contributed by atoms with Crippen molar-refractivity contribution in [3.05, 3.63) is 29.8 Å². The van der Waals surface area contributed by atoms with Crippen LogP contribution in [0, 0.1) is 0 Å². The Morgan fingerprint density at radius 1 is 1.25 bits per heavy atom. The number of sulfonamides is 1. The highest BCUT2D eigenvalue weighted by Crippen LogP contribution is 2.14. The number of hydrogen-bond acceptors (Lipinski definition) is 5. The fourth-order valence-electron chi connectivity index (χ4n) is 2.76. The molecule has 1 aromatic carbocycles. The second kappa shape index (κ2) is 12.0. The van der Waals surface area contributed by atoms with E-state index in [9.17, 15) is 8.42 Å². The van der Waals surface area contributed by atoms with E-state index in [0.717, 1.165) is 24.9 Å². The molecule has 0 amide bonds. The molecule has 0 aromatic heterocycles. The maximum absolute atomic E-state index is 12.4. The van der Waals surface area contributed by atoms with E-state index in [1.54, 1.807) is 24.3 Å². The summed E-state index contributed by atoms with van der Waals surface area (Å²) < 4.78 is 38.2. The molecule has 0 radical (unpaired) electrons. The van der Waals surface area contributed by atoms with Crippen LogP contribution in [0.1, 0.15) is 32.3 Å². The van der Waals surface area contributed by atoms with Crippen LogP contribution in [-0.4, -0.2) is 59.9 Å². The number of rotatable bonds is 11. The standard InChI is InChI=1S/C19H32N4O4S/c1-3-20-19(21-11-13-26-4-2)22-14-16-7-9-18(10-8-16)28(24,25)23-15-17-6-5-12-27-17/h7-10,17,23H,3-6,11-15H2,1-2H3,(H2,20,21,22). The van der Waals surface area contributed by atoms with Gasteiger partial charge in [-0.05, 0) is 44.4 Å². The topological polar surface area (TPSA) is 101 Å². The Morgan fingerprint density at radius 3 is 2.68 bits per heavy atom. The maximum Gasteiger partial charge on any atom is 0.240 e. The lowest BCUT2D eigenvalue weighted by Crippen LogP contribution is -2.39. The van der Waals surface area contributed by atoms with E-state index >= 15 is 0 Å².